The molecule has 1 aliphatic heterocycles. The van der Waals surface area contributed by atoms with E-state index in [0.29, 0.717) is 36.6 Å². The Balaban J connectivity index is 0.00000342. The van der Waals surface area contributed by atoms with Gasteiger partial charge in [0.25, 0.3) is 0 Å². The van der Waals surface area contributed by atoms with E-state index in [1.165, 1.54) is 7.11 Å². The summed E-state index contributed by atoms with van der Waals surface area (Å²) in [5.74, 6) is -0.560. The Morgan fingerprint density at radius 3 is 2.51 bits per heavy atom. The topological polar surface area (TPSA) is 93.4 Å². The van der Waals surface area contributed by atoms with Gasteiger partial charge in [-0.2, -0.15) is 5.10 Å². The highest BCUT2D eigenvalue weighted by Crippen LogP contribution is 2.33. The summed E-state index contributed by atoms with van der Waals surface area (Å²) in [4.78, 5) is 27.3. The highest BCUT2D eigenvalue weighted by atomic mass is 35.5. The van der Waals surface area contributed by atoms with Crippen molar-refractivity contribution in [2.75, 3.05) is 40.0 Å². The first-order valence-electron chi connectivity index (χ1n) is 11.3. The number of morpholine rings is 1. The van der Waals surface area contributed by atoms with Crippen LogP contribution in [0.5, 0.6) is 0 Å². The smallest absolute Gasteiger partial charge is 0.427 e. The number of halogens is 1. The third-order valence-electron chi connectivity index (χ3n) is 6.17. The van der Waals surface area contributed by atoms with Crippen LogP contribution in [0.4, 0.5) is 4.79 Å². The highest BCUT2D eigenvalue weighted by molar-refractivity contribution is 5.87. The number of carbonyl (C=O) groups excluding carboxylic acids is 1. The van der Waals surface area contributed by atoms with Crippen LogP contribution >= 0.6 is 12.4 Å². The minimum absolute atomic E-state index is 0. The molecule has 9 heteroatoms. The lowest BCUT2D eigenvalue weighted by Crippen LogP contribution is -2.43. The standard InChI is InChI=1S/C26H29N3O5.ClH/c1-18(27-28-26(31)32-2)22(17-29-12-14-33-15-13-29)24(19-8-4-3-5-9-19)21-16-20-10-6-7-11-23(20)34-25(21)30;/h3-11,16,22,24H,12-15,17H2,1-2H3,(H,28,31);1H/b27-18+;. The van der Waals surface area contributed by atoms with E-state index in [9.17, 15) is 9.59 Å². The fourth-order valence-electron chi connectivity index (χ4n) is 4.39. The molecular weight excluding hydrogens is 470 g/mol. The van der Waals surface area contributed by atoms with Gasteiger partial charge in [-0.05, 0) is 24.6 Å². The van der Waals surface area contributed by atoms with Crippen molar-refractivity contribution in [2.45, 2.75) is 12.8 Å². The second-order valence-corrected chi connectivity index (χ2v) is 8.29. The van der Waals surface area contributed by atoms with Gasteiger partial charge in [0, 0.05) is 48.1 Å². The summed E-state index contributed by atoms with van der Waals surface area (Å²) in [6, 6.07) is 19.3. The highest BCUT2D eigenvalue weighted by Gasteiger charge is 2.32. The van der Waals surface area contributed by atoms with Gasteiger partial charge in [-0.25, -0.2) is 15.0 Å². The lowest BCUT2D eigenvalue weighted by molar-refractivity contribution is 0.0335. The first-order valence-corrected chi connectivity index (χ1v) is 11.3. The maximum absolute atomic E-state index is 13.2. The number of amides is 1. The quantitative estimate of drug-likeness (QED) is 0.300. The van der Waals surface area contributed by atoms with Gasteiger partial charge in [-0.3, -0.25) is 4.90 Å². The van der Waals surface area contributed by atoms with Crippen LogP contribution in [0.2, 0.25) is 0 Å². The summed E-state index contributed by atoms with van der Waals surface area (Å²) < 4.78 is 15.9. The number of para-hydroxylation sites is 1. The summed E-state index contributed by atoms with van der Waals surface area (Å²) >= 11 is 0. The molecule has 2 heterocycles. The van der Waals surface area contributed by atoms with E-state index in [-0.39, 0.29) is 29.9 Å². The predicted octanol–water partition coefficient (Wildman–Crippen LogP) is 4.03. The fourth-order valence-corrected chi connectivity index (χ4v) is 4.39. The van der Waals surface area contributed by atoms with E-state index in [1.54, 1.807) is 6.07 Å². The number of benzene rings is 2. The number of rotatable bonds is 7. The largest absolute Gasteiger partial charge is 0.452 e. The van der Waals surface area contributed by atoms with Gasteiger partial charge < -0.3 is 13.9 Å². The Bertz CT molecular complexity index is 1210. The van der Waals surface area contributed by atoms with Crippen LogP contribution in [0.25, 0.3) is 11.0 Å². The fraction of sp³-hybridized carbons (Fsp3) is 0.346. The van der Waals surface area contributed by atoms with Crippen LogP contribution in [0.1, 0.15) is 24.0 Å². The number of hydrogen-bond acceptors (Lipinski definition) is 7. The Labute approximate surface area is 210 Å². The normalized spacial score (nSPS) is 16.2. The van der Waals surface area contributed by atoms with E-state index in [4.69, 9.17) is 9.15 Å². The van der Waals surface area contributed by atoms with Gasteiger partial charge in [0.2, 0.25) is 0 Å². The Morgan fingerprint density at radius 1 is 1.11 bits per heavy atom. The van der Waals surface area contributed by atoms with Gasteiger partial charge >= 0.3 is 11.7 Å². The Hall–Kier alpha value is -3.20. The maximum atomic E-state index is 13.2. The molecule has 0 saturated carbocycles. The minimum Gasteiger partial charge on any atom is -0.452 e. The molecule has 0 spiro atoms. The summed E-state index contributed by atoms with van der Waals surface area (Å²) in [7, 11) is 1.29. The van der Waals surface area contributed by atoms with Crippen molar-refractivity contribution in [3.05, 3.63) is 82.2 Å². The minimum atomic E-state index is -0.647. The lowest BCUT2D eigenvalue weighted by atomic mass is 9.78. The van der Waals surface area contributed by atoms with Crippen molar-refractivity contribution in [1.29, 1.82) is 0 Å². The third kappa shape index (κ3) is 6.48. The molecule has 186 valence electrons. The molecule has 0 radical (unpaired) electrons. The predicted molar refractivity (Wildman–Crippen MR) is 137 cm³/mol. The molecular formula is C26H30ClN3O5. The van der Waals surface area contributed by atoms with Crippen LogP contribution in [-0.4, -0.2) is 56.7 Å². The zero-order chi connectivity index (χ0) is 23.9. The molecule has 1 aromatic heterocycles. The molecule has 0 aliphatic carbocycles. The summed E-state index contributed by atoms with van der Waals surface area (Å²) in [6.07, 6.45) is -0.647. The van der Waals surface area contributed by atoms with Crippen LogP contribution in [-0.2, 0) is 9.47 Å². The van der Waals surface area contributed by atoms with Crippen molar-refractivity contribution < 1.29 is 18.7 Å². The molecule has 4 rings (SSSR count). The van der Waals surface area contributed by atoms with Crippen molar-refractivity contribution in [2.24, 2.45) is 11.0 Å². The van der Waals surface area contributed by atoms with Crippen molar-refractivity contribution in [1.82, 2.24) is 10.3 Å². The molecule has 1 amide bonds. The summed E-state index contributed by atoms with van der Waals surface area (Å²) in [5, 5.41) is 5.18. The maximum Gasteiger partial charge on any atom is 0.427 e. The molecule has 2 unspecified atom stereocenters. The molecule has 2 aromatic carbocycles. The van der Waals surface area contributed by atoms with Gasteiger partial charge in [0.05, 0.1) is 20.3 Å². The average molecular weight is 500 g/mol. The number of ether oxygens (including phenoxy) is 2. The first kappa shape index (κ1) is 26.4. The number of fused-ring (bicyclic) bond motifs is 1. The Kier molecular flexibility index (Phi) is 9.42. The Morgan fingerprint density at radius 2 is 1.80 bits per heavy atom. The van der Waals surface area contributed by atoms with Crippen LogP contribution in [0, 0.1) is 5.92 Å². The lowest BCUT2D eigenvalue weighted by Gasteiger charge is -2.34. The number of hydrogen-bond donors (Lipinski definition) is 1. The SMILES string of the molecule is COC(=O)N/N=C(\C)C(CN1CCOCC1)C(c1ccccc1)c1cc2ccccc2oc1=O.Cl. The zero-order valence-corrected chi connectivity index (χ0v) is 20.6. The van der Waals surface area contributed by atoms with Crippen LogP contribution < -0.4 is 11.1 Å². The molecule has 1 fully saturated rings. The monoisotopic (exact) mass is 499 g/mol. The molecule has 35 heavy (non-hydrogen) atoms. The van der Waals surface area contributed by atoms with Crippen LogP contribution in [0.15, 0.2) is 75.0 Å². The van der Waals surface area contributed by atoms with E-state index in [0.717, 1.165) is 24.0 Å². The zero-order valence-electron chi connectivity index (χ0n) is 19.8. The average Bonchev–Trinajstić information content (AvgIpc) is 2.88. The third-order valence-corrected chi connectivity index (χ3v) is 6.17. The van der Waals surface area contributed by atoms with Gasteiger partial charge in [-0.15, -0.1) is 12.4 Å². The van der Waals surface area contributed by atoms with Crippen LogP contribution in [0.3, 0.4) is 0 Å². The van der Waals surface area contributed by atoms with Crippen molar-refractivity contribution >= 4 is 35.2 Å². The van der Waals surface area contributed by atoms with E-state index >= 15 is 0 Å². The van der Waals surface area contributed by atoms with Crippen molar-refractivity contribution in [3.8, 4) is 0 Å². The molecule has 3 aromatic rings. The number of hydrazone groups is 1. The number of methoxy groups -OCH3 is 1. The molecule has 0 bridgehead atoms. The number of nitrogens with one attached hydrogen (secondary N) is 1. The van der Waals surface area contributed by atoms with Gasteiger partial charge in [0.15, 0.2) is 0 Å². The van der Waals surface area contributed by atoms with E-state index in [2.05, 4.69) is 20.2 Å². The molecule has 8 nitrogen and oxygen atoms in total. The summed E-state index contributed by atoms with van der Waals surface area (Å²) in [6.45, 7) is 5.35. The van der Waals surface area contributed by atoms with Gasteiger partial charge in [0.1, 0.15) is 5.58 Å². The molecule has 1 saturated heterocycles. The second kappa shape index (κ2) is 12.5. The molecule has 1 aliphatic rings. The molecule has 1 N–H and O–H groups in total. The second-order valence-electron chi connectivity index (χ2n) is 8.29. The van der Waals surface area contributed by atoms with Gasteiger partial charge in [-0.1, -0.05) is 48.5 Å². The molecule has 2 atom stereocenters. The van der Waals surface area contributed by atoms with E-state index < -0.39 is 6.09 Å². The summed E-state index contributed by atoms with van der Waals surface area (Å²) in [5.41, 5.74) is 4.80. The van der Waals surface area contributed by atoms with Crippen molar-refractivity contribution in [3.63, 3.8) is 0 Å². The number of nitrogens with zero attached hydrogens (tertiary/aromatic N) is 2. The van der Waals surface area contributed by atoms with E-state index in [1.807, 2.05) is 61.5 Å². The first-order chi connectivity index (χ1) is 16.6. The number of carbonyl (C=O) groups is 1.